The van der Waals surface area contributed by atoms with Crippen LogP contribution >= 0.6 is 8.58 Å². The van der Waals surface area contributed by atoms with Crippen LogP contribution in [0.1, 0.15) is 5.56 Å². The van der Waals surface area contributed by atoms with E-state index in [1.165, 1.54) is 59.6 Å². The van der Waals surface area contributed by atoms with E-state index >= 15 is 0 Å². The van der Waals surface area contributed by atoms with Crippen LogP contribution in [0.4, 0.5) is 0 Å². The van der Waals surface area contributed by atoms with Crippen LogP contribution < -0.4 is 15.3 Å². The third-order valence-electron chi connectivity index (χ3n) is 8.55. The molecule has 0 bridgehead atoms. The molecule has 8 aromatic rings. The van der Waals surface area contributed by atoms with Gasteiger partial charge >= 0.3 is 0 Å². The molecule has 0 aliphatic carbocycles. The van der Waals surface area contributed by atoms with Gasteiger partial charge in [0.2, 0.25) is 0 Å². The summed E-state index contributed by atoms with van der Waals surface area (Å²) in [5, 5.41) is 10.1. The number of hydrogen-bond donors (Lipinski definition) is 0. The van der Waals surface area contributed by atoms with Gasteiger partial charge in [0.1, 0.15) is 12.4 Å². The predicted octanol–water partition coefficient (Wildman–Crippen LogP) is 10.7. The Morgan fingerprint density at radius 3 is 1.73 bits per heavy atom. The van der Waals surface area contributed by atoms with Crippen molar-refractivity contribution in [3.05, 3.63) is 175 Å². The van der Waals surface area contributed by atoms with Crippen molar-refractivity contribution >= 4 is 51.5 Å². The Morgan fingerprint density at radius 2 is 0.978 bits per heavy atom. The fourth-order valence-corrected chi connectivity index (χ4v) is 7.66. The topological polar surface area (TPSA) is 9.23 Å². The number of rotatable bonds is 7. The summed E-state index contributed by atoms with van der Waals surface area (Å²) >= 11 is 0. The van der Waals surface area contributed by atoms with Gasteiger partial charge in [0, 0.05) is 5.56 Å². The zero-order valence-corrected chi connectivity index (χ0v) is 25.8. The van der Waals surface area contributed by atoms with Crippen molar-refractivity contribution in [2.24, 2.45) is 0 Å². The van der Waals surface area contributed by atoms with Crippen LogP contribution in [-0.4, -0.2) is 0 Å². The summed E-state index contributed by atoms with van der Waals surface area (Å²) in [6, 6.07) is 61.1. The van der Waals surface area contributed by atoms with E-state index in [4.69, 9.17) is 4.74 Å². The molecule has 0 fully saturated rings. The molecule has 0 spiro atoms. The number of hydrogen-bond acceptors (Lipinski definition) is 1. The number of fused-ring (bicyclic) bond motifs is 3. The van der Waals surface area contributed by atoms with Gasteiger partial charge in [-0.1, -0.05) is 166 Å². The Bertz CT molecular complexity index is 2300. The van der Waals surface area contributed by atoms with Gasteiger partial charge in [0.25, 0.3) is 0 Å². The van der Waals surface area contributed by atoms with Gasteiger partial charge in [0.05, 0.1) is 0 Å². The van der Waals surface area contributed by atoms with Crippen molar-refractivity contribution in [3.8, 4) is 28.0 Å². The molecule has 0 aliphatic heterocycles. The monoisotopic (exact) mass is 594 g/mol. The second-order valence-corrected chi connectivity index (χ2v) is 12.7. The summed E-state index contributed by atoms with van der Waals surface area (Å²) < 4.78 is 6.63. The Labute approximate surface area is 265 Å². The average molecular weight is 595 g/mol. The first-order valence-electron chi connectivity index (χ1n) is 15.4. The quantitative estimate of drug-likeness (QED) is 0.167. The largest absolute Gasteiger partial charge is 0.488 e. The summed E-state index contributed by atoms with van der Waals surface area (Å²) in [6.07, 6.45) is 0. The lowest BCUT2D eigenvalue weighted by Gasteiger charge is -2.20. The first kappa shape index (κ1) is 27.3. The van der Waals surface area contributed by atoms with E-state index in [-0.39, 0.29) is 0 Å². The van der Waals surface area contributed by atoms with E-state index in [2.05, 4.69) is 164 Å². The molecule has 214 valence electrons. The zero-order valence-electron chi connectivity index (χ0n) is 24.8. The molecule has 8 aromatic carbocycles. The fraction of sp³-hybridized carbons (Fsp3) is 0.0233. The summed E-state index contributed by atoms with van der Waals surface area (Å²) in [7, 11) is 0.510. The average Bonchev–Trinajstić information content (AvgIpc) is 3.11. The molecule has 1 unspecified atom stereocenters. The van der Waals surface area contributed by atoms with Gasteiger partial charge in [-0.2, -0.15) is 0 Å². The van der Waals surface area contributed by atoms with Crippen molar-refractivity contribution < 1.29 is 4.74 Å². The van der Waals surface area contributed by atoms with Gasteiger partial charge in [-0.15, -0.1) is 0 Å². The van der Waals surface area contributed by atoms with Gasteiger partial charge in [-0.25, -0.2) is 0 Å². The first-order valence-corrected chi connectivity index (χ1v) is 16.4. The van der Waals surface area contributed by atoms with Crippen LogP contribution in [0.3, 0.4) is 0 Å². The maximum Gasteiger partial charge on any atom is 0.128 e. The Hall–Kier alpha value is -5.23. The summed E-state index contributed by atoms with van der Waals surface area (Å²) in [5.41, 5.74) is 5.97. The van der Waals surface area contributed by atoms with E-state index in [1.54, 1.807) is 0 Å². The minimum Gasteiger partial charge on any atom is -0.488 e. The molecule has 1 atom stereocenters. The van der Waals surface area contributed by atoms with Crippen molar-refractivity contribution in [3.63, 3.8) is 0 Å². The SMILES string of the molecule is c1ccc(COc2ccc3ccccc3c2-c2ccccc2-c2c(Pc3ccc4ccccc4c3)ccc3ccccc23)cc1. The Kier molecular flexibility index (Phi) is 7.31. The van der Waals surface area contributed by atoms with Crippen molar-refractivity contribution in [1.29, 1.82) is 0 Å². The molecule has 0 aromatic heterocycles. The highest BCUT2D eigenvalue weighted by molar-refractivity contribution is 7.56. The van der Waals surface area contributed by atoms with Crippen molar-refractivity contribution in [1.82, 2.24) is 0 Å². The number of ether oxygens (including phenoxy) is 1. The molecule has 0 radical (unpaired) electrons. The van der Waals surface area contributed by atoms with Crippen molar-refractivity contribution in [2.45, 2.75) is 6.61 Å². The van der Waals surface area contributed by atoms with Crippen molar-refractivity contribution in [2.75, 3.05) is 0 Å². The normalized spacial score (nSPS) is 11.6. The lowest BCUT2D eigenvalue weighted by molar-refractivity contribution is 0.308. The summed E-state index contributed by atoms with van der Waals surface area (Å²) in [4.78, 5) is 0. The van der Waals surface area contributed by atoms with Crippen LogP contribution in [0, 0.1) is 0 Å². The lowest BCUT2D eigenvalue weighted by Crippen LogP contribution is -2.08. The highest BCUT2D eigenvalue weighted by atomic mass is 31.1. The van der Waals surface area contributed by atoms with Gasteiger partial charge < -0.3 is 4.74 Å². The third-order valence-corrected chi connectivity index (χ3v) is 9.84. The van der Waals surface area contributed by atoms with E-state index in [9.17, 15) is 0 Å². The Morgan fingerprint density at radius 1 is 0.422 bits per heavy atom. The molecule has 0 amide bonds. The van der Waals surface area contributed by atoms with Crippen LogP contribution in [0.5, 0.6) is 5.75 Å². The second kappa shape index (κ2) is 12.0. The predicted molar refractivity (Wildman–Crippen MR) is 195 cm³/mol. The summed E-state index contributed by atoms with van der Waals surface area (Å²) in [5.74, 6) is 0.892. The van der Waals surface area contributed by atoms with E-state index in [0.29, 0.717) is 15.2 Å². The molecule has 45 heavy (non-hydrogen) atoms. The highest BCUT2D eigenvalue weighted by Crippen LogP contribution is 2.44. The van der Waals surface area contributed by atoms with Crippen LogP contribution in [0.25, 0.3) is 54.6 Å². The molecule has 1 nitrogen and oxygen atoms in total. The minimum atomic E-state index is 0.510. The van der Waals surface area contributed by atoms with Crippen LogP contribution in [-0.2, 0) is 6.61 Å². The zero-order chi connectivity index (χ0) is 30.0. The van der Waals surface area contributed by atoms with E-state index in [1.807, 2.05) is 6.07 Å². The second-order valence-electron chi connectivity index (χ2n) is 11.4. The van der Waals surface area contributed by atoms with Crippen LogP contribution in [0.2, 0.25) is 0 Å². The molecule has 0 saturated heterocycles. The molecule has 0 N–H and O–H groups in total. The summed E-state index contributed by atoms with van der Waals surface area (Å²) in [6.45, 7) is 0.511. The fourth-order valence-electron chi connectivity index (χ4n) is 6.39. The number of benzene rings is 8. The standard InChI is InChI=1S/C43H31OP/c1-2-12-30(13-3-1)29-44-40-26-23-32-15-6-8-18-36(32)42(40)38-20-10-11-21-39(38)43-37-19-9-7-16-33(37)24-27-41(43)45-35-25-22-31-14-4-5-17-34(31)28-35/h1-28,45H,29H2. The maximum absolute atomic E-state index is 6.63. The van der Waals surface area contributed by atoms with E-state index < -0.39 is 0 Å². The van der Waals surface area contributed by atoms with Crippen LogP contribution in [0.15, 0.2) is 170 Å². The lowest BCUT2D eigenvalue weighted by atomic mass is 9.88. The molecular weight excluding hydrogens is 563 g/mol. The molecular formula is C43H31OP. The smallest absolute Gasteiger partial charge is 0.128 e. The van der Waals surface area contributed by atoms with E-state index in [0.717, 1.165) is 16.9 Å². The first-order chi connectivity index (χ1) is 22.3. The molecule has 0 heterocycles. The van der Waals surface area contributed by atoms with Gasteiger partial charge in [0.15, 0.2) is 0 Å². The Balaban J connectivity index is 1.33. The van der Waals surface area contributed by atoms with Gasteiger partial charge in [-0.3, -0.25) is 0 Å². The highest BCUT2D eigenvalue weighted by Gasteiger charge is 2.19. The molecule has 0 saturated carbocycles. The molecule has 8 rings (SSSR count). The minimum absolute atomic E-state index is 0.510. The van der Waals surface area contributed by atoms with Gasteiger partial charge in [-0.05, 0) is 77.3 Å². The third kappa shape index (κ3) is 5.37. The molecule has 2 heteroatoms. The molecule has 0 aliphatic rings. The maximum atomic E-state index is 6.63.